The highest BCUT2D eigenvalue weighted by molar-refractivity contribution is 6.19. The fourth-order valence-corrected chi connectivity index (χ4v) is 3.99. The number of imide groups is 1. The Morgan fingerprint density at radius 2 is 1.87 bits per heavy atom. The molecule has 4 rings (SSSR count). The van der Waals surface area contributed by atoms with E-state index in [1.165, 1.54) is 7.11 Å². The maximum atomic E-state index is 13.3. The molecule has 0 aromatic heterocycles. The average molecular weight is 408 g/mol. The van der Waals surface area contributed by atoms with E-state index >= 15 is 0 Å². The number of benzene rings is 2. The maximum Gasteiger partial charge on any atom is 0.329 e. The summed E-state index contributed by atoms with van der Waals surface area (Å²) in [5, 5.41) is 2.88. The number of methoxy groups -OCH3 is 1. The molecule has 2 aliphatic rings. The van der Waals surface area contributed by atoms with Crippen molar-refractivity contribution < 1.29 is 19.1 Å². The lowest BCUT2D eigenvalue weighted by atomic mass is 10.0. The van der Waals surface area contributed by atoms with E-state index in [4.69, 9.17) is 4.74 Å². The first kappa shape index (κ1) is 19.8. The number of amides is 4. The van der Waals surface area contributed by atoms with E-state index in [9.17, 15) is 14.4 Å². The molecule has 2 aliphatic heterocycles. The van der Waals surface area contributed by atoms with Crippen LogP contribution in [0, 0.1) is 0 Å². The molecule has 0 aliphatic carbocycles. The molecule has 2 fully saturated rings. The molecule has 2 heterocycles. The zero-order valence-electron chi connectivity index (χ0n) is 17.2. The molecule has 156 valence electrons. The number of rotatable bonds is 4. The van der Waals surface area contributed by atoms with Crippen molar-refractivity contribution in [2.75, 3.05) is 37.5 Å². The van der Waals surface area contributed by atoms with Gasteiger partial charge in [-0.05, 0) is 42.8 Å². The lowest BCUT2D eigenvalue weighted by Gasteiger charge is -2.37. The van der Waals surface area contributed by atoms with Gasteiger partial charge in [0, 0.05) is 38.0 Å². The molecule has 0 spiro atoms. The van der Waals surface area contributed by atoms with Crippen molar-refractivity contribution in [1.82, 2.24) is 10.2 Å². The quantitative estimate of drug-likeness (QED) is 0.838. The number of nitrogens with zero attached hydrogens (tertiary/aromatic N) is 3. The molecule has 30 heavy (non-hydrogen) atoms. The van der Waals surface area contributed by atoms with E-state index < -0.39 is 24.0 Å². The summed E-state index contributed by atoms with van der Waals surface area (Å²) in [7, 11) is 5.38. The largest absolute Gasteiger partial charge is 0.497 e. The standard InChI is InChI=1S/C22H24N4O4/c1-24(2)15-9-7-14(8-10-15)20(27)25-12-11-18-19(25)21(28)26(22(29)23-18)16-5-4-6-17(13-16)30-3/h4-10,13,18-19H,11-12H2,1-3H3,(H,23,29)/t18-,19-/m0/s1. The average Bonchev–Trinajstić information content (AvgIpc) is 3.17. The molecule has 4 amide bonds. The summed E-state index contributed by atoms with van der Waals surface area (Å²) in [5.41, 5.74) is 1.90. The summed E-state index contributed by atoms with van der Waals surface area (Å²) in [6, 6.07) is 12.4. The van der Waals surface area contributed by atoms with Gasteiger partial charge in [0.1, 0.15) is 11.8 Å². The van der Waals surface area contributed by atoms with Gasteiger partial charge in [0.05, 0.1) is 18.8 Å². The van der Waals surface area contributed by atoms with Crippen LogP contribution in [0.15, 0.2) is 48.5 Å². The Balaban J connectivity index is 1.61. The number of nitrogens with one attached hydrogen (secondary N) is 1. The predicted molar refractivity (Wildman–Crippen MR) is 113 cm³/mol. The van der Waals surface area contributed by atoms with Crippen molar-refractivity contribution >= 4 is 29.2 Å². The van der Waals surface area contributed by atoms with Gasteiger partial charge in [-0.1, -0.05) is 6.07 Å². The summed E-state index contributed by atoms with van der Waals surface area (Å²) in [4.78, 5) is 43.7. The second-order valence-corrected chi connectivity index (χ2v) is 7.60. The maximum absolute atomic E-state index is 13.3. The van der Waals surface area contributed by atoms with Gasteiger partial charge in [0.2, 0.25) is 0 Å². The van der Waals surface area contributed by atoms with Crippen molar-refractivity contribution in [3.05, 3.63) is 54.1 Å². The monoisotopic (exact) mass is 408 g/mol. The summed E-state index contributed by atoms with van der Waals surface area (Å²) < 4.78 is 5.21. The van der Waals surface area contributed by atoms with Crippen molar-refractivity contribution in [3.8, 4) is 5.75 Å². The Hall–Kier alpha value is -3.55. The second kappa shape index (κ2) is 7.70. The van der Waals surface area contributed by atoms with Crippen LogP contribution in [-0.4, -0.2) is 62.6 Å². The van der Waals surface area contributed by atoms with Gasteiger partial charge >= 0.3 is 6.03 Å². The van der Waals surface area contributed by atoms with E-state index in [1.807, 2.05) is 31.1 Å². The number of anilines is 2. The van der Waals surface area contributed by atoms with Crippen LogP contribution in [0.5, 0.6) is 5.75 Å². The fourth-order valence-electron chi connectivity index (χ4n) is 3.99. The number of ether oxygens (including phenoxy) is 1. The second-order valence-electron chi connectivity index (χ2n) is 7.60. The molecule has 0 unspecified atom stereocenters. The van der Waals surface area contributed by atoms with Gasteiger partial charge in [-0.2, -0.15) is 0 Å². The third kappa shape index (κ3) is 3.34. The van der Waals surface area contributed by atoms with Crippen molar-refractivity contribution in [2.45, 2.75) is 18.5 Å². The van der Waals surface area contributed by atoms with Crippen molar-refractivity contribution in [1.29, 1.82) is 0 Å². The van der Waals surface area contributed by atoms with Crippen LogP contribution in [0.1, 0.15) is 16.8 Å². The fraction of sp³-hybridized carbons (Fsp3) is 0.318. The molecular weight excluding hydrogens is 384 g/mol. The van der Waals surface area contributed by atoms with Gasteiger partial charge in [-0.25, -0.2) is 9.69 Å². The van der Waals surface area contributed by atoms with Gasteiger partial charge in [0.15, 0.2) is 0 Å². The van der Waals surface area contributed by atoms with Crippen molar-refractivity contribution in [3.63, 3.8) is 0 Å². The lowest BCUT2D eigenvalue weighted by Crippen LogP contribution is -2.65. The molecule has 2 saturated heterocycles. The van der Waals surface area contributed by atoms with Crippen LogP contribution in [0.25, 0.3) is 0 Å². The number of fused-ring (bicyclic) bond motifs is 1. The normalized spacial score (nSPS) is 20.6. The Labute approximate surface area is 175 Å². The Morgan fingerprint density at radius 1 is 1.13 bits per heavy atom. The third-order valence-electron chi connectivity index (χ3n) is 5.59. The van der Waals surface area contributed by atoms with Crippen LogP contribution >= 0.6 is 0 Å². The van der Waals surface area contributed by atoms with Crippen LogP contribution in [0.4, 0.5) is 16.2 Å². The molecule has 2 aromatic carbocycles. The number of urea groups is 1. The minimum absolute atomic E-state index is 0.220. The molecule has 1 N–H and O–H groups in total. The Bertz CT molecular complexity index is 989. The van der Waals surface area contributed by atoms with E-state index in [1.54, 1.807) is 41.3 Å². The SMILES string of the molecule is COc1cccc(N2C(=O)N[C@H]3CCN(C(=O)c4ccc(N(C)C)cc4)[C@@H]3C2=O)c1. The van der Waals surface area contributed by atoms with Gasteiger partial charge in [0.25, 0.3) is 11.8 Å². The summed E-state index contributed by atoms with van der Waals surface area (Å²) >= 11 is 0. The first-order valence-corrected chi connectivity index (χ1v) is 9.77. The molecule has 2 aromatic rings. The van der Waals surface area contributed by atoms with E-state index in [-0.39, 0.29) is 5.91 Å². The van der Waals surface area contributed by atoms with Crippen LogP contribution in [0.2, 0.25) is 0 Å². The highest BCUT2D eigenvalue weighted by Crippen LogP contribution is 2.30. The summed E-state index contributed by atoms with van der Waals surface area (Å²) in [5.74, 6) is -0.0915. The van der Waals surface area contributed by atoms with Crippen molar-refractivity contribution in [2.24, 2.45) is 0 Å². The zero-order valence-corrected chi connectivity index (χ0v) is 17.2. The van der Waals surface area contributed by atoms with Gasteiger partial charge in [-0.3, -0.25) is 9.59 Å². The smallest absolute Gasteiger partial charge is 0.329 e. The van der Waals surface area contributed by atoms with Gasteiger partial charge in [-0.15, -0.1) is 0 Å². The number of carbonyl (C=O) groups is 3. The van der Waals surface area contributed by atoms with E-state index in [2.05, 4.69) is 5.32 Å². The molecule has 2 atom stereocenters. The summed E-state index contributed by atoms with van der Waals surface area (Å²) in [6.07, 6.45) is 0.537. The highest BCUT2D eigenvalue weighted by Gasteiger charge is 2.50. The molecule has 0 radical (unpaired) electrons. The first-order chi connectivity index (χ1) is 14.4. The van der Waals surface area contributed by atoms with Crippen LogP contribution in [-0.2, 0) is 4.79 Å². The lowest BCUT2D eigenvalue weighted by molar-refractivity contribution is -0.122. The highest BCUT2D eigenvalue weighted by atomic mass is 16.5. The zero-order chi connectivity index (χ0) is 21.4. The molecule has 0 saturated carbocycles. The Morgan fingerprint density at radius 3 is 2.53 bits per heavy atom. The number of likely N-dealkylation sites (tertiary alicyclic amines) is 1. The minimum atomic E-state index is -0.741. The topological polar surface area (TPSA) is 82.2 Å². The van der Waals surface area contributed by atoms with Gasteiger partial charge < -0.3 is 19.9 Å². The van der Waals surface area contributed by atoms with E-state index in [0.717, 1.165) is 10.6 Å². The number of carbonyl (C=O) groups excluding carboxylic acids is 3. The molecule has 8 nitrogen and oxygen atoms in total. The molecule has 8 heteroatoms. The predicted octanol–water partition coefficient (Wildman–Crippen LogP) is 2.10. The third-order valence-corrected chi connectivity index (χ3v) is 5.59. The van der Waals surface area contributed by atoms with Crippen LogP contribution in [0.3, 0.4) is 0 Å². The Kier molecular flexibility index (Phi) is 5.07. The molecular formula is C22H24N4O4. The minimum Gasteiger partial charge on any atom is -0.497 e. The number of hydrogen-bond donors (Lipinski definition) is 1. The number of hydrogen-bond acceptors (Lipinski definition) is 5. The molecule has 0 bridgehead atoms. The summed E-state index contributed by atoms with van der Waals surface area (Å²) in [6.45, 7) is 0.404. The van der Waals surface area contributed by atoms with E-state index in [0.29, 0.717) is 30.0 Å². The first-order valence-electron chi connectivity index (χ1n) is 9.77. The van der Waals surface area contributed by atoms with Crippen LogP contribution < -0.4 is 19.9 Å².